The molecule has 0 spiro atoms. The van der Waals surface area contributed by atoms with Crippen LogP contribution in [-0.2, 0) is 9.59 Å². The van der Waals surface area contributed by atoms with Crippen LogP contribution in [0.1, 0.15) is 34.2 Å². The highest BCUT2D eigenvalue weighted by molar-refractivity contribution is 6.11. The first kappa shape index (κ1) is 43.4. The van der Waals surface area contributed by atoms with Crippen molar-refractivity contribution in [2.75, 3.05) is 38.1 Å². The fourth-order valence-electron chi connectivity index (χ4n) is 4.98. The van der Waals surface area contributed by atoms with Gasteiger partial charge in [-0.3, -0.25) is 14.4 Å². The Morgan fingerprint density at radius 2 is 1.31 bits per heavy atom. The van der Waals surface area contributed by atoms with Crippen LogP contribution in [-0.4, -0.2) is 66.3 Å². The molecule has 0 radical (unpaired) electrons. The molecule has 0 atom stereocenters. The molecule has 300 valence electrons. The van der Waals surface area contributed by atoms with Gasteiger partial charge in [-0.2, -0.15) is 4.98 Å². The molecule has 4 N–H and O–H groups in total. The van der Waals surface area contributed by atoms with Gasteiger partial charge in [0.05, 0.1) is 36.7 Å². The number of para-hydroxylation sites is 2. The number of anilines is 2. The fraction of sp³-hybridized carbons (Fsp3) is 0.136. The molecule has 4 aromatic carbocycles. The minimum atomic E-state index is -0.516. The molecule has 0 aliphatic carbocycles. The van der Waals surface area contributed by atoms with Crippen molar-refractivity contribution in [2.45, 2.75) is 13.8 Å². The highest BCUT2D eigenvalue weighted by Crippen LogP contribution is 2.30. The Hall–Kier alpha value is -8.30. The number of carbonyl (C=O) groups excluding carboxylic acids is 3. The number of benzene rings is 4. The zero-order chi connectivity index (χ0) is 42.6. The first-order valence-corrected chi connectivity index (χ1v) is 17.5. The molecule has 5 aromatic rings. The van der Waals surface area contributed by atoms with Gasteiger partial charge in [0.2, 0.25) is 11.8 Å². The zero-order valence-electron chi connectivity index (χ0n) is 32.5. The number of methoxy groups -OCH3 is 2. The van der Waals surface area contributed by atoms with E-state index >= 15 is 0 Å². The Morgan fingerprint density at radius 1 is 0.780 bits per heavy atom. The molecule has 0 aliphatic heterocycles. The Labute approximate surface area is 340 Å². The third kappa shape index (κ3) is 13.2. The summed E-state index contributed by atoms with van der Waals surface area (Å²) in [5.74, 6) is 6.46. The fourth-order valence-corrected chi connectivity index (χ4v) is 4.98. The summed E-state index contributed by atoms with van der Waals surface area (Å²) in [7, 11) is 3.04. The molecular weight excluding hydrogens is 757 g/mol. The summed E-state index contributed by atoms with van der Waals surface area (Å²) in [4.78, 5) is 41.2. The predicted molar refractivity (Wildman–Crippen MR) is 223 cm³/mol. The van der Waals surface area contributed by atoms with E-state index in [2.05, 4.69) is 43.1 Å². The molecule has 0 bridgehead atoms. The van der Waals surface area contributed by atoms with Gasteiger partial charge in [0.1, 0.15) is 19.0 Å². The van der Waals surface area contributed by atoms with Gasteiger partial charge in [0.15, 0.2) is 28.8 Å². The summed E-state index contributed by atoms with van der Waals surface area (Å²) in [6.07, 6.45) is 16.4. The lowest BCUT2D eigenvalue weighted by Crippen LogP contribution is -2.29. The van der Waals surface area contributed by atoms with Gasteiger partial charge in [0, 0.05) is 12.2 Å². The van der Waals surface area contributed by atoms with E-state index in [-0.39, 0.29) is 30.5 Å². The second-order valence-corrected chi connectivity index (χ2v) is 11.8. The van der Waals surface area contributed by atoms with Gasteiger partial charge >= 0.3 is 0 Å². The number of rotatable bonds is 14. The van der Waals surface area contributed by atoms with Crippen LogP contribution in [0.2, 0.25) is 0 Å². The molecule has 0 saturated carbocycles. The maximum atomic E-state index is 12.4. The summed E-state index contributed by atoms with van der Waals surface area (Å²) in [5, 5.41) is 23.3. The Morgan fingerprint density at radius 3 is 1.81 bits per heavy atom. The van der Waals surface area contributed by atoms with Crippen molar-refractivity contribution < 1.29 is 43.1 Å². The molecule has 0 aliphatic rings. The Kier molecular flexibility index (Phi) is 16.4. The molecule has 15 heteroatoms. The number of aryl methyl sites for hydroxylation is 1. The maximum Gasteiger partial charge on any atom is 0.260 e. The van der Waals surface area contributed by atoms with Crippen molar-refractivity contribution in [3.63, 3.8) is 0 Å². The highest BCUT2D eigenvalue weighted by Gasteiger charge is 2.14. The van der Waals surface area contributed by atoms with Crippen molar-refractivity contribution in [3.8, 4) is 59.1 Å². The maximum absolute atomic E-state index is 12.4. The van der Waals surface area contributed by atoms with E-state index in [1.54, 1.807) is 91.9 Å². The van der Waals surface area contributed by atoms with E-state index in [0.717, 1.165) is 5.56 Å². The van der Waals surface area contributed by atoms with Crippen molar-refractivity contribution in [2.24, 2.45) is 5.16 Å². The number of hydrogen-bond donors (Lipinski definition) is 4. The third-order valence-corrected chi connectivity index (χ3v) is 7.67. The average molecular weight is 797 g/mol. The van der Waals surface area contributed by atoms with Gasteiger partial charge < -0.3 is 44.6 Å². The van der Waals surface area contributed by atoms with Crippen LogP contribution in [0.3, 0.4) is 0 Å². The number of nitrogens with one attached hydrogen (secondary N) is 3. The van der Waals surface area contributed by atoms with Gasteiger partial charge in [-0.1, -0.05) is 58.6 Å². The normalized spacial score (nSPS) is 10.7. The van der Waals surface area contributed by atoms with Gasteiger partial charge in [-0.15, -0.1) is 12.8 Å². The van der Waals surface area contributed by atoms with Crippen LogP contribution in [0, 0.1) is 31.6 Å². The zero-order valence-corrected chi connectivity index (χ0v) is 32.5. The molecular formula is C44H40N6O9. The summed E-state index contributed by atoms with van der Waals surface area (Å²) in [6.45, 7) is 3.42. The topological polar surface area (TPSA) is 196 Å². The van der Waals surface area contributed by atoms with E-state index in [0.29, 0.717) is 57.2 Å². The molecule has 1 heterocycles. The van der Waals surface area contributed by atoms with Crippen LogP contribution in [0.15, 0.2) is 107 Å². The third-order valence-electron chi connectivity index (χ3n) is 7.67. The summed E-state index contributed by atoms with van der Waals surface area (Å²) >= 11 is 0. The Balaban J connectivity index is 0.000000261. The number of ether oxygens (including phenoxy) is 4. The molecule has 15 nitrogen and oxygen atoms in total. The van der Waals surface area contributed by atoms with Crippen LogP contribution < -0.4 is 34.9 Å². The predicted octanol–water partition coefficient (Wildman–Crippen LogP) is 6.61. The quantitative estimate of drug-likeness (QED) is 0.0236. The minimum Gasteiger partial charge on any atom is -0.493 e. The average Bonchev–Trinajstić information content (AvgIpc) is 3.69. The number of oxime groups is 1. The van der Waals surface area contributed by atoms with E-state index < -0.39 is 11.8 Å². The van der Waals surface area contributed by atoms with Gasteiger partial charge in [0.25, 0.3) is 11.8 Å². The molecule has 59 heavy (non-hydrogen) atoms. The van der Waals surface area contributed by atoms with E-state index in [4.69, 9.17) is 41.5 Å². The second-order valence-electron chi connectivity index (χ2n) is 11.8. The van der Waals surface area contributed by atoms with Crippen LogP contribution in [0.25, 0.3) is 23.6 Å². The summed E-state index contributed by atoms with van der Waals surface area (Å²) in [5.41, 5.74) is 3.22. The summed E-state index contributed by atoms with van der Waals surface area (Å²) < 4.78 is 26.6. The van der Waals surface area contributed by atoms with E-state index in [1.165, 1.54) is 33.3 Å². The first-order chi connectivity index (χ1) is 28.6. The van der Waals surface area contributed by atoms with Crippen LogP contribution in [0.5, 0.6) is 23.0 Å². The number of aromatic nitrogens is 2. The molecule has 5 rings (SSSR count). The SMILES string of the molecule is C#CCOc1ccc(/C=C/C(=O)Nc2ccccc2-c2nc(C)no2)cc1OC.C#CCOc1ccc(/C=C/C(=O)Nc2ccccc2C(=O)N/C(C)=N/O)cc1OC. The largest absolute Gasteiger partial charge is 0.493 e. The monoisotopic (exact) mass is 796 g/mol. The lowest BCUT2D eigenvalue weighted by Gasteiger charge is -2.10. The number of terminal acetylenes is 2. The van der Waals surface area contributed by atoms with Crippen molar-refractivity contribution >= 4 is 47.1 Å². The van der Waals surface area contributed by atoms with Crippen LogP contribution >= 0.6 is 0 Å². The first-order valence-electron chi connectivity index (χ1n) is 17.5. The van der Waals surface area contributed by atoms with Crippen molar-refractivity contribution in [1.29, 1.82) is 0 Å². The molecule has 0 fully saturated rings. The van der Waals surface area contributed by atoms with E-state index in [9.17, 15) is 14.4 Å². The summed E-state index contributed by atoms with van der Waals surface area (Å²) in [6, 6.07) is 24.1. The van der Waals surface area contributed by atoms with Crippen molar-refractivity contribution in [1.82, 2.24) is 15.5 Å². The van der Waals surface area contributed by atoms with E-state index in [1.807, 2.05) is 12.1 Å². The Bertz CT molecular complexity index is 2440. The lowest BCUT2D eigenvalue weighted by atomic mass is 10.1. The smallest absolute Gasteiger partial charge is 0.260 e. The molecule has 1 aromatic heterocycles. The number of hydrogen-bond acceptors (Lipinski definition) is 12. The number of carbonyl (C=O) groups is 3. The van der Waals surface area contributed by atoms with Crippen molar-refractivity contribution in [3.05, 3.63) is 120 Å². The standard InChI is InChI=1S/C22H21N3O5.C22H19N3O4/c1-4-13-30-19-11-9-16(14-20(19)29-3)10-12-21(26)24-18-8-6-5-7-17(18)22(27)23-15(2)25-28;1-4-13-28-19-11-9-16(14-20(19)27-3)10-12-21(26)24-18-8-6-5-7-17(18)22-23-15(2)25-29-22/h1,5-12,14,28H,13H2,2-3H3,(H,24,26)(H,23,25,27);1,5-12,14H,13H2,2-3H3,(H,24,26)/b2*12-10+. The van der Waals surface area contributed by atoms with Gasteiger partial charge in [-0.25, -0.2) is 0 Å². The molecule has 0 saturated heterocycles. The lowest BCUT2D eigenvalue weighted by molar-refractivity contribution is -0.112. The van der Waals surface area contributed by atoms with Crippen LogP contribution in [0.4, 0.5) is 11.4 Å². The van der Waals surface area contributed by atoms with Gasteiger partial charge in [-0.05, 0) is 85.7 Å². The number of nitrogens with zero attached hydrogens (tertiary/aromatic N) is 3. The highest BCUT2D eigenvalue weighted by atomic mass is 16.5. The molecule has 0 unspecified atom stereocenters. The minimum absolute atomic E-state index is 0.0321. The molecule has 3 amide bonds. The second kappa shape index (κ2) is 22.3. The number of amidine groups is 1. The number of amides is 3.